The first-order valence-electron chi connectivity index (χ1n) is 5.66. The molecule has 0 radical (unpaired) electrons. The van der Waals surface area contributed by atoms with Gasteiger partial charge in [-0.25, -0.2) is 0 Å². The molecule has 3 heteroatoms. The van der Waals surface area contributed by atoms with Crippen molar-refractivity contribution in [1.29, 1.82) is 0 Å². The van der Waals surface area contributed by atoms with E-state index < -0.39 is 0 Å². The van der Waals surface area contributed by atoms with Gasteiger partial charge in [0.2, 0.25) is 0 Å². The van der Waals surface area contributed by atoms with Gasteiger partial charge >= 0.3 is 0 Å². The molecule has 1 aliphatic heterocycles. The van der Waals surface area contributed by atoms with Crippen LogP contribution in [0.1, 0.15) is 38.5 Å². The molecule has 1 saturated heterocycles. The number of likely N-dealkylation sites (tertiary alicyclic amines) is 1. The second-order valence-electron chi connectivity index (χ2n) is 4.60. The van der Waals surface area contributed by atoms with Crippen LogP contribution in [0.15, 0.2) is 0 Å². The van der Waals surface area contributed by atoms with Gasteiger partial charge in [-0.05, 0) is 38.5 Å². The average molecular weight is 329 g/mol. The number of rotatable bonds is 5. The standard InChI is InChI=1S/C11H23BrN.BrH/c1-13(9-5-2-4-8-12)10-6-3-7-11-13;/h2-11H2,1H3;1H/q+1;/p-1. The first-order valence-corrected chi connectivity index (χ1v) is 6.78. The van der Waals surface area contributed by atoms with E-state index in [9.17, 15) is 0 Å². The number of halogens is 2. The first kappa shape index (κ1) is 14.9. The van der Waals surface area contributed by atoms with E-state index in [4.69, 9.17) is 0 Å². The molecule has 0 aromatic rings. The molecule has 0 spiro atoms. The van der Waals surface area contributed by atoms with Crippen molar-refractivity contribution >= 4 is 15.9 Å². The van der Waals surface area contributed by atoms with Crippen LogP contribution in [0.4, 0.5) is 0 Å². The molecule has 0 N–H and O–H groups in total. The van der Waals surface area contributed by atoms with Crippen molar-refractivity contribution in [3.63, 3.8) is 0 Å². The molecule has 14 heavy (non-hydrogen) atoms. The summed E-state index contributed by atoms with van der Waals surface area (Å²) in [5.41, 5.74) is 0. The van der Waals surface area contributed by atoms with Crippen LogP contribution in [-0.2, 0) is 0 Å². The molecule has 0 unspecified atom stereocenters. The summed E-state index contributed by atoms with van der Waals surface area (Å²) in [7, 11) is 2.44. The van der Waals surface area contributed by atoms with Crippen molar-refractivity contribution in [3.05, 3.63) is 0 Å². The van der Waals surface area contributed by atoms with Crippen molar-refractivity contribution in [1.82, 2.24) is 0 Å². The lowest BCUT2D eigenvalue weighted by Crippen LogP contribution is -3.00. The minimum absolute atomic E-state index is 0. The van der Waals surface area contributed by atoms with Crippen molar-refractivity contribution in [2.24, 2.45) is 0 Å². The van der Waals surface area contributed by atoms with Gasteiger partial charge in [-0.2, -0.15) is 0 Å². The summed E-state index contributed by atoms with van der Waals surface area (Å²) >= 11 is 3.48. The summed E-state index contributed by atoms with van der Waals surface area (Å²) in [6, 6.07) is 0. The van der Waals surface area contributed by atoms with Crippen LogP contribution in [0.5, 0.6) is 0 Å². The second kappa shape index (κ2) is 8.12. The molecule has 0 bridgehead atoms. The minimum atomic E-state index is 0. The number of unbranched alkanes of at least 4 members (excludes halogenated alkanes) is 2. The maximum Gasteiger partial charge on any atom is 0.0784 e. The molecule has 1 fully saturated rings. The lowest BCUT2D eigenvalue weighted by Gasteiger charge is -2.37. The summed E-state index contributed by atoms with van der Waals surface area (Å²) in [6.07, 6.45) is 8.54. The van der Waals surface area contributed by atoms with Crippen molar-refractivity contribution in [3.8, 4) is 0 Å². The van der Waals surface area contributed by atoms with Crippen LogP contribution in [-0.4, -0.2) is 36.5 Å². The average Bonchev–Trinajstić information content (AvgIpc) is 2.14. The van der Waals surface area contributed by atoms with Crippen LogP contribution in [0.2, 0.25) is 0 Å². The number of alkyl halides is 1. The topological polar surface area (TPSA) is 0 Å². The maximum absolute atomic E-state index is 3.48. The predicted molar refractivity (Wildman–Crippen MR) is 62.3 cm³/mol. The number of piperidine rings is 1. The summed E-state index contributed by atoms with van der Waals surface area (Å²) < 4.78 is 1.35. The molecular formula is C11H23Br2N. The van der Waals surface area contributed by atoms with E-state index in [0.717, 1.165) is 0 Å². The highest BCUT2D eigenvalue weighted by molar-refractivity contribution is 9.09. The Morgan fingerprint density at radius 1 is 1.00 bits per heavy atom. The highest BCUT2D eigenvalue weighted by Gasteiger charge is 2.23. The van der Waals surface area contributed by atoms with Crippen LogP contribution >= 0.6 is 15.9 Å². The first-order chi connectivity index (χ1) is 6.27. The van der Waals surface area contributed by atoms with Gasteiger partial charge in [0.15, 0.2) is 0 Å². The van der Waals surface area contributed by atoms with E-state index in [1.54, 1.807) is 0 Å². The van der Waals surface area contributed by atoms with Gasteiger partial charge in [-0.1, -0.05) is 15.9 Å². The van der Waals surface area contributed by atoms with Crippen LogP contribution in [0, 0.1) is 0 Å². The summed E-state index contributed by atoms with van der Waals surface area (Å²) in [5, 5.41) is 1.18. The zero-order valence-corrected chi connectivity index (χ0v) is 12.4. The quantitative estimate of drug-likeness (QED) is 0.384. The number of hydrogen-bond acceptors (Lipinski definition) is 0. The Balaban J connectivity index is 0.00000169. The molecule has 0 amide bonds. The Labute approximate surface area is 108 Å². The zero-order valence-electron chi connectivity index (χ0n) is 9.27. The Hall–Kier alpha value is 0.920. The maximum atomic E-state index is 3.48. The van der Waals surface area contributed by atoms with Gasteiger partial charge in [0, 0.05) is 5.33 Å². The molecule has 0 aliphatic carbocycles. The van der Waals surface area contributed by atoms with Crippen molar-refractivity contribution in [2.45, 2.75) is 38.5 Å². The second-order valence-corrected chi connectivity index (χ2v) is 5.39. The number of hydrogen-bond donors (Lipinski definition) is 0. The van der Waals surface area contributed by atoms with Gasteiger partial charge in [0.05, 0.1) is 26.7 Å². The fourth-order valence-corrected chi connectivity index (χ4v) is 2.66. The molecular weight excluding hydrogens is 306 g/mol. The highest BCUT2D eigenvalue weighted by atomic mass is 79.9. The van der Waals surface area contributed by atoms with E-state index in [2.05, 4.69) is 23.0 Å². The minimum Gasteiger partial charge on any atom is -1.00 e. The van der Waals surface area contributed by atoms with E-state index >= 15 is 0 Å². The van der Waals surface area contributed by atoms with Crippen LogP contribution < -0.4 is 17.0 Å². The molecule has 0 atom stereocenters. The SMILES string of the molecule is C[N+]1(CCCCCBr)CCCCC1.[Br-]. The van der Waals surface area contributed by atoms with Crippen LogP contribution in [0.25, 0.3) is 0 Å². The van der Waals surface area contributed by atoms with E-state index in [1.807, 2.05) is 0 Å². The number of nitrogens with zero attached hydrogens (tertiary/aromatic N) is 1. The predicted octanol–water partition coefficient (Wildman–Crippen LogP) is 0.186. The molecule has 1 rings (SSSR count). The normalized spacial score (nSPS) is 20.1. The Morgan fingerprint density at radius 3 is 2.21 bits per heavy atom. The van der Waals surface area contributed by atoms with E-state index in [0.29, 0.717) is 0 Å². The third-order valence-electron chi connectivity index (χ3n) is 3.23. The third kappa shape index (κ3) is 5.72. The molecule has 1 heterocycles. The van der Waals surface area contributed by atoms with Crippen molar-refractivity contribution < 1.29 is 21.5 Å². The molecule has 0 aromatic carbocycles. The van der Waals surface area contributed by atoms with Gasteiger partial charge in [-0.15, -0.1) is 0 Å². The molecule has 0 saturated carbocycles. The van der Waals surface area contributed by atoms with Crippen LogP contribution in [0.3, 0.4) is 0 Å². The van der Waals surface area contributed by atoms with E-state index in [-0.39, 0.29) is 17.0 Å². The zero-order chi connectivity index (χ0) is 9.57. The highest BCUT2D eigenvalue weighted by Crippen LogP contribution is 2.17. The van der Waals surface area contributed by atoms with Gasteiger partial charge in [-0.3, -0.25) is 0 Å². The largest absolute Gasteiger partial charge is 1.00 e. The lowest BCUT2D eigenvalue weighted by molar-refractivity contribution is -0.914. The summed E-state index contributed by atoms with van der Waals surface area (Å²) in [4.78, 5) is 0. The fourth-order valence-electron chi connectivity index (χ4n) is 2.26. The molecule has 0 aromatic heterocycles. The monoisotopic (exact) mass is 327 g/mol. The van der Waals surface area contributed by atoms with Gasteiger partial charge < -0.3 is 21.5 Å². The molecule has 86 valence electrons. The molecule has 1 nitrogen and oxygen atoms in total. The Bertz CT molecular complexity index is 133. The smallest absolute Gasteiger partial charge is 0.0784 e. The van der Waals surface area contributed by atoms with Gasteiger partial charge in [0.1, 0.15) is 0 Å². The Kier molecular flexibility index (Phi) is 8.65. The summed E-state index contributed by atoms with van der Waals surface area (Å²) in [5.74, 6) is 0. The summed E-state index contributed by atoms with van der Waals surface area (Å²) in [6.45, 7) is 4.26. The molecule has 1 aliphatic rings. The van der Waals surface area contributed by atoms with E-state index in [1.165, 1.54) is 68.0 Å². The van der Waals surface area contributed by atoms with Crippen molar-refractivity contribution in [2.75, 3.05) is 32.0 Å². The third-order valence-corrected chi connectivity index (χ3v) is 3.79. The van der Waals surface area contributed by atoms with Gasteiger partial charge in [0.25, 0.3) is 0 Å². The number of quaternary nitrogens is 1. The lowest BCUT2D eigenvalue weighted by atomic mass is 10.1. The fraction of sp³-hybridized carbons (Fsp3) is 1.00. The Morgan fingerprint density at radius 2 is 1.64 bits per heavy atom.